The zero-order valence-electron chi connectivity index (χ0n) is 9.63. The number of hydrogen-bond acceptors (Lipinski definition) is 1. The van der Waals surface area contributed by atoms with E-state index in [2.05, 4.69) is 27.9 Å². The summed E-state index contributed by atoms with van der Waals surface area (Å²) in [5, 5.41) is 2.95. The number of rotatable bonds is 6. The molecule has 0 unspecified atom stereocenters. The fourth-order valence-corrected chi connectivity index (χ4v) is 2.03. The van der Waals surface area contributed by atoms with Gasteiger partial charge in [-0.1, -0.05) is 46.9 Å². The summed E-state index contributed by atoms with van der Waals surface area (Å²) in [6, 6.07) is 8.03. The van der Waals surface area contributed by atoms with Crippen LogP contribution in [0.15, 0.2) is 24.3 Å². The molecule has 0 aliphatic carbocycles. The highest BCUT2D eigenvalue weighted by Gasteiger charge is 2.04. The van der Waals surface area contributed by atoms with Gasteiger partial charge in [0.15, 0.2) is 0 Å². The lowest BCUT2D eigenvalue weighted by Crippen LogP contribution is -2.26. The Morgan fingerprint density at radius 1 is 1.31 bits per heavy atom. The molecule has 0 radical (unpaired) electrons. The van der Waals surface area contributed by atoms with Crippen molar-refractivity contribution in [2.75, 3.05) is 11.0 Å². The molecule has 3 heteroatoms. The molecule has 88 valence electrons. The van der Waals surface area contributed by atoms with Crippen LogP contribution in [0.5, 0.6) is 0 Å². The summed E-state index contributed by atoms with van der Waals surface area (Å²) in [6.07, 6.45) is 2.74. The number of nitrogens with one attached hydrogen (secondary N) is 1. The smallest absolute Gasteiger partial charge is 0.224 e. The van der Waals surface area contributed by atoms with E-state index in [0.717, 1.165) is 23.0 Å². The number of carbonyl (C=O) groups is 1. The van der Waals surface area contributed by atoms with Crippen LogP contribution in [0.1, 0.15) is 24.0 Å². The Labute approximate surface area is 111 Å². The fourth-order valence-electron chi connectivity index (χ4n) is 1.49. The Balaban J connectivity index is 2.32. The molecule has 0 bridgehead atoms. The zero-order valence-corrected chi connectivity index (χ0v) is 11.8. The van der Waals surface area contributed by atoms with E-state index in [1.165, 1.54) is 12.0 Å². The fraction of sp³-hybridized carbons (Fsp3) is 0.462. The number of unbranched alkanes of at least 4 members (excludes halogenated alkanes) is 1. The number of carbonyl (C=O) groups excluding carboxylic acids is 1. The molecule has 0 aliphatic rings. The van der Waals surface area contributed by atoms with E-state index in [-0.39, 0.29) is 5.91 Å². The molecular formula is C13H18INO. The molecule has 0 atom stereocenters. The number of alkyl halides is 1. The largest absolute Gasteiger partial charge is 0.356 e. The van der Waals surface area contributed by atoms with E-state index in [0.29, 0.717) is 6.42 Å². The van der Waals surface area contributed by atoms with Crippen molar-refractivity contribution in [2.45, 2.75) is 26.2 Å². The summed E-state index contributed by atoms with van der Waals surface area (Å²) in [7, 11) is 0. The lowest BCUT2D eigenvalue weighted by atomic mass is 10.1. The van der Waals surface area contributed by atoms with E-state index >= 15 is 0 Å². The van der Waals surface area contributed by atoms with E-state index < -0.39 is 0 Å². The Kier molecular flexibility index (Phi) is 6.45. The predicted octanol–water partition coefficient (Wildman–Crippen LogP) is 2.87. The summed E-state index contributed by atoms with van der Waals surface area (Å²) in [4.78, 5) is 11.6. The first-order chi connectivity index (χ1) is 7.74. The second kappa shape index (κ2) is 7.65. The number of hydrogen-bond donors (Lipinski definition) is 1. The molecule has 16 heavy (non-hydrogen) atoms. The maximum absolute atomic E-state index is 11.6. The first-order valence-corrected chi connectivity index (χ1v) is 7.13. The van der Waals surface area contributed by atoms with Crippen LogP contribution in [0.25, 0.3) is 0 Å². The van der Waals surface area contributed by atoms with Gasteiger partial charge in [-0.25, -0.2) is 0 Å². The summed E-state index contributed by atoms with van der Waals surface area (Å²) >= 11 is 2.35. The van der Waals surface area contributed by atoms with Gasteiger partial charge in [0.1, 0.15) is 0 Å². The van der Waals surface area contributed by atoms with Crippen molar-refractivity contribution in [3.63, 3.8) is 0 Å². The van der Waals surface area contributed by atoms with Gasteiger partial charge in [-0.15, -0.1) is 0 Å². The molecular weight excluding hydrogens is 313 g/mol. The van der Waals surface area contributed by atoms with Crippen LogP contribution in [0, 0.1) is 6.92 Å². The Hall–Kier alpha value is -0.580. The molecule has 1 aromatic carbocycles. The van der Waals surface area contributed by atoms with Gasteiger partial charge < -0.3 is 5.32 Å². The van der Waals surface area contributed by atoms with Crippen LogP contribution in [0.4, 0.5) is 0 Å². The molecule has 2 nitrogen and oxygen atoms in total. The SMILES string of the molecule is Cc1ccccc1CC(=O)NCCCCI. The Morgan fingerprint density at radius 3 is 2.75 bits per heavy atom. The monoisotopic (exact) mass is 331 g/mol. The van der Waals surface area contributed by atoms with Crippen LogP contribution < -0.4 is 5.32 Å². The van der Waals surface area contributed by atoms with Crippen molar-refractivity contribution in [1.29, 1.82) is 0 Å². The maximum Gasteiger partial charge on any atom is 0.224 e. The van der Waals surface area contributed by atoms with Crippen LogP contribution in [-0.4, -0.2) is 16.9 Å². The normalized spacial score (nSPS) is 10.1. The van der Waals surface area contributed by atoms with Gasteiger partial charge in [0.25, 0.3) is 0 Å². The molecule has 0 spiro atoms. The van der Waals surface area contributed by atoms with Gasteiger partial charge in [0.05, 0.1) is 6.42 Å². The highest BCUT2D eigenvalue weighted by molar-refractivity contribution is 14.1. The topological polar surface area (TPSA) is 29.1 Å². The number of benzene rings is 1. The van der Waals surface area contributed by atoms with Crippen molar-refractivity contribution in [1.82, 2.24) is 5.32 Å². The van der Waals surface area contributed by atoms with Crippen molar-refractivity contribution in [2.24, 2.45) is 0 Å². The minimum Gasteiger partial charge on any atom is -0.356 e. The lowest BCUT2D eigenvalue weighted by Gasteiger charge is -2.06. The molecule has 0 fully saturated rings. The Morgan fingerprint density at radius 2 is 2.06 bits per heavy atom. The molecule has 1 rings (SSSR count). The highest BCUT2D eigenvalue weighted by Crippen LogP contribution is 2.07. The van der Waals surface area contributed by atoms with Crippen LogP contribution >= 0.6 is 22.6 Å². The molecule has 0 aliphatic heterocycles. The maximum atomic E-state index is 11.6. The summed E-state index contributed by atoms with van der Waals surface area (Å²) in [5.74, 6) is 0.128. The molecule has 1 aromatic rings. The summed E-state index contributed by atoms with van der Waals surface area (Å²) in [6.45, 7) is 2.84. The minimum absolute atomic E-state index is 0.128. The van der Waals surface area contributed by atoms with E-state index in [4.69, 9.17) is 0 Å². The lowest BCUT2D eigenvalue weighted by molar-refractivity contribution is -0.120. The molecule has 1 N–H and O–H groups in total. The number of aryl methyl sites for hydroxylation is 1. The molecule has 0 heterocycles. The van der Waals surface area contributed by atoms with Crippen molar-refractivity contribution < 1.29 is 4.79 Å². The third-order valence-electron chi connectivity index (χ3n) is 2.49. The van der Waals surface area contributed by atoms with E-state index in [1.807, 2.05) is 31.2 Å². The van der Waals surface area contributed by atoms with Gasteiger partial charge in [-0.05, 0) is 35.3 Å². The van der Waals surface area contributed by atoms with Gasteiger partial charge >= 0.3 is 0 Å². The predicted molar refractivity (Wildman–Crippen MR) is 76.0 cm³/mol. The second-order valence-electron chi connectivity index (χ2n) is 3.85. The van der Waals surface area contributed by atoms with Crippen LogP contribution in [-0.2, 0) is 11.2 Å². The first-order valence-electron chi connectivity index (χ1n) is 5.61. The van der Waals surface area contributed by atoms with Gasteiger partial charge in [-0.2, -0.15) is 0 Å². The van der Waals surface area contributed by atoms with E-state index in [1.54, 1.807) is 0 Å². The van der Waals surface area contributed by atoms with Gasteiger partial charge in [-0.3, -0.25) is 4.79 Å². The average molecular weight is 331 g/mol. The van der Waals surface area contributed by atoms with Gasteiger partial charge in [0.2, 0.25) is 5.91 Å². The highest BCUT2D eigenvalue weighted by atomic mass is 127. The van der Waals surface area contributed by atoms with Crippen molar-refractivity contribution >= 4 is 28.5 Å². The minimum atomic E-state index is 0.128. The van der Waals surface area contributed by atoms with Crippen molar-refractivity contribution in [3.8, 4) is 0 Å². The molecule has 0 aromatic heterocycles. The Bertz CT molecular complexity index is 338. The third kappa shape index (κ3) is 4.96. The quantitative estimate of drug-likeness (QED) is 0.485. The van der Waals surface area contributed by atoms with Gasteiger partial charge in [0, 0.05) is 6.54 Å². The summed E-state index contributed by atoms with van der Waals surface area (Å²) in [5.41, 5.74) is 2.30. The zero-order chi connectivity index (χ0) is 11.8. The van der Waals surface area contributed by atoms with Crippen molar-refractivity contribution in [3.05, 3.63) is 35.4 Å². The standard InChI is InChI=1S/C13H18INO/c1-11-6-2-3-7-12(11)10-13(16)15-9-5-4-8-14/h2-3,6-7H,4-5,8-10H2,1H3,(H,15,16). The average Bonchev–Trinajstić information content (AvgIpc) is 2.28. The summed E-state index contributed by atoms with van der Waals surface area (Å²) < 4.78 is 1.16. The first kappa shape index (κ1) is 13.5. The van der Waals surface area contributed by atoms with Crippen LogP contribution in [0.3, 0.4) is 0 Å². The number of halogens is 1. The van der Waals surface area contributed by atoms with E-state index in [9.17, 15) is 4.79 Å². The molecule has 0 saturated heterocycles. The molecule has 1 amide bonds. The third-order valence-corrected chi connectivity index (χ3v) is 3.26. The second-order valence-corrected chi connectivity index (χ2v) is 4.93. The van der Waals surface area contributed by atoms with Crippen LogP contribution in [0.2, 0.25) is 0 Å². The number of amides is 1. The molecule has 0 saturated carbocycles.